The molecule has 5 rings (SSSR count). The van der Waals surface area contributed by atoms with E-state index >= 15 is 0 Å². The van der Waals surface area contributed by atoms with Crippen LogP contribution in [0.4, 0.5) is 5.82 Å². The van der Waals surface area contributed by atoms with E-state index in [4.69, 9.17) is 4.98 Å². The van der Waals surface area contributed by atoms with E-state index in [9.17, 15) is 5.26 Å². The Hall–Kier alpha value is -4.33. The van der Waals surface area contributed by atoms with Crippen molar-refractivity contribution in [2.75, 3.05) is 25.5 Å². The predicted molar refractivity (Wildman–Crippen MR) is 151 cm³/mol. The molecule has 0 radical (unpaired) electrons. The molecular weight excluding hydrogens is 488 g/mol. The van der Waals surface area contributed by atoms with Crippen LogP contribution in [0.15, 0.2) is 60.1 Å². The van der Waals surface area contributed by atoms with Crippen molar-refractivity contribution in [1.82, 2.24) is 40.3 Å². The standard InChI is InChI=1S/C29H34N10/c1-6-21-7-10-26(33-29(21)39-20(4)13-24(14-30)36-39)25-15-31-38-18-22(8-11-27(25)38)32-28-12-9-23(34-35-28)17-37(5)16-19(2)3/h7-13,18-19,31H,6,15-17H2,1-5H3,(H,32,35). The number of aryl methyl sites for hydroxylation is 2. The van der Waals surface area contributed by atoms with E-state index in [1.54, 1.807) is 10.7 Å². The zero-order chi connectivity index (χ0) is 27.5. The second-order valence-corrected chi connectivity index (χ2v) is 10.3. The first kappa shape index (κ1) is 26.3. The highest BCUT2D eigenvalue weighted by Gasteiger charge is 2.25. The smallest absolute Gasteiger partial charge is 0.163 e. The number of pyridine rings is 1. The Morgan fingerprint density at radius 1 is 1.18 bits per heavy atom. The highest BCUT2D eigenvalue weighted by Crippen LogP contribution is 2.30. The average Bonchev–Trinajstić information content (AvgIpc) is 3.51. The van der Waals surface area contributed by atoms with Gasteiger partial charge in [-0.25, -0.2) is 15.1 Å². The van der Waals surface area contributed by atoms with E-state index in [-0.39, 0.29) is 0 Å². The van der Waals surface area contributed by atoms with Gasteiger partial charge in [-0.15, -0.1) is 5.10 Å². The maximum absolute atomic E-state index is 9.29. The zero-order valence-corrected chi connectivity index (χ0v) is 23.1. The van der Waals surface area contributed by atoms with Gasteiger partial charge in [0, 0.05) is 37.1 Å². The third-order valence-electron chi connectivity index (χ3n) is 6.63. The van der Waals surface area contributed by atoms with E-state index in [1.165, 1.54) is 0 Å². The van der Waals surface area contributed by atoms with Gasteiger partial charge in [-0.2, -0.15) is 15.5 Å². The van der Waals surface area contributed by atoms with Crippen LogP contribution >= 0.6 is 0 Å². The summed E-state index contributed by atoms with van der Waals surface area (Å²) < 4.78 is 1.76. The Morgan fingerprint density at radius 3 is 2.72 bits per heavy atom. The summed E-state index contributed by atoms with van der Waals surface area (Å²) in [7, 11) is 2.10. The number of hydrogen-bond donors (Lipinski definition) is 2. The number of nitrogens with one attached hydrogen (secondary N) is 2. The van der Waals surface area contributed by atoms with Crippen molar-refractivity contribution in [3.05, 3.63) is 88.4 Å². The molecule has 0 aromatic carbocycles. The monoisotopic (exact) mass is 522 g/mol. The molecule has 3 aromatic heterocycles. The van der Waals surface area contributed by atoms with Crippen molar-refractivity contribution in [3.63, 3.8) is 0 Å². The number of hydrazine groups is 1. The van der Waals surface area contributed by atoms with Gasteiger partial charge in [0.2, 0.25) is 0 Å². The maximum atomic E-state index is 9.29. The van der Waals surface area contributed by atoms with Crippen molar-refractivity contribution in [1.29, 1.82) is 5.26 Å². The molecule has 0 spiro atoms. The summed E-state index contributed by atoms with van der Waals surface area (Å²) in [5.74, 6) is 2.07. The first-order valence-electron chi connectivity index (χ1n) is 13.3. The van der Waals surface area contributed by atoms with E-state index in [0.29, 0.717) is 24.0 Å². The minimum atomic E-state index is 0.385. The molecule has 0 atom stereocenters. The molecule has 0 fully saturated rings. The van der Waals surface area contributed by atoms with Gasteiger partial charge in [-0.05, 0) is 68.3 Å². The molecule has 0 amide bonds. The van der Waals surface area contributed by atoms with Gasteiger partial charge in [0.1, 0.15) is 6.07 Å². The molecule has 10 heteroatoms. The molecule has 0 unspecified atom stereocenters. The average molecular weight is 523 g/mol. The topological polar surface area (TPSA) is 111 Å². The second-order valence-electron chi connectivity index (χ2n) is 10.3. The molecule has 2 aliphatic heterocycles. The van der Waals surface area contributed by atoms with Crippen LogP contribution in [-0.4, -0.2) is 55.0 Å². The molecule has 10 nitrogen and oxygen atoms in total. The molecular formula is C29H34N10. The van der Waals surface area contributed by atoms with Crippen LogP contribution in [0.3, 0.4) is 0 Å². The minimum absolute atomic E-state index is 0.385. The lowest BCUT2D eigenvalue weighted by atomic mass is 10.1. The predicted octanol–water partition coefficient (Wildman–Crippen LogP) is 3.94. The van der Waals surface area contributed by atoms with E-state index in [1.807, 2.05) is 36.3 Å². The minimum Gasteiger partial charge on any atom is -0.337 e. The number of anilines is 1. The highest BCUT2D eigenvalue weighted by atomic mass is 15.5. The number of aromatic nitrogens is 5. The lowest BCUT2D eigenvalue weighted by molar-refractivity contribution is 0.284. The fourth-order valence-corrected chi connectivity index (χ4v) is 4.90. The second kappa shape index (κ2) is 11.2. The first-order chi connectivity index (χ1) is 18.8. The largest absolute Gasteiger partial charge is 0.337 e. The molecule has 5 heterocycles. The number of rotatable bonds is 9. The Labute approximate surface area is 229 Å². The summed E-state index contributed by atoms with van der Waals surface area (Å²) in [4.78, 5) is 7.26. The van der Waals surface area contributed by atoms with Gasteiger partial charge >= 0.3 is 0 Å². The van der Waals surface area contributed by atoms with Gasteiger partial charge in [-0.1, -0.05) is 26.8 Å². The van der Waals surface area contributed by atoms with Gasteiger partial charge in [-0.3, -0.25) is 5.01 Å². The highest BCUT2D eigenvalue weighted by molar-refractivity contribution is 5.73. The first-order valence-corrected chi connectivity index (χ1v) is 13.3. The lowest BCUT2D eigenvalue weighted by Gasteiger charge is -2.21. The molecule has 200 valence electrons. The molecule has 0 saturated heterocycles. The van der Waals surface area contributed by atoms with Crippen LogP contribution in [0.5, 0.6) is 0 Å². The van der Waals surface area contributed by atoms with Crippen LogP contribution < -0.4 is 10.7 Å². The van der Waals surface area contributed by atoms with Crippen molar-refractivity contribution in [3.8, 4) is 11.9 Å². The number of allylic oxidation sites excluding steroid dienone is 2. The fourth-order valence-electron chi connectivity index (χ4n) is 4.90. The third-order valence-corrected chi connectivity index (χ3v) is 6.63. The summed E-state index contributed by atoms with van der Waals surface area (Å²) >= 11 is 0. The summed E-state index contributed by atoms with van der Waals surface area (Å²) in [5, 5.41) is 27.9. The number of hydrogen-bond acceptors (Lipinski definition) is 9. The molecule has 39 heavy (non-hydrogen) atoms. The Kier molecular flexibility index (Phi) is 7.54. The van der Waals surface area contributed by atoms with Gasteiger partial charge < -0.3 is 10.2 Å². The van der Waals surface area contributed by atoms with Crippen molar-refractivity contribution < 1.29 is 0 Å². The lowest BCUT2D eigenvalue weighted by Crippen LogP contribution is -2.28. The fraction of sp³-hybridized carbons (Fsp3) is 0.345. The molecule has 2 aliphatic rings. The number of nitrogens with zero attached hydrogens (tertiary/aromatic N) is 8. The molecule has 3 aromatic rings. The van der Waals surface area contributed by atoms with Crippen LogP contribution in [0.2, 0.25) is 0 Å². The van der Waals surface area contributed by atoms with Crippen LogP contribution in [0.1, 0.15) is 49.1 Å². The summed E-state index contributed by atoms with van der Waals surface area (Å²) in [6.45, 7) is 10.9. The summed E-state index contributed by atoms with van der Waals surface area (Å²) in [6, 6.07) is 12.0. The molecule has 2 N–H and O–H groups in total. The zero-order valence-electron chi connectivity index (χ0n) is 23.1. The van der Waals surface area contributed by atoms with Gasteiger partial charge in [0.05, 0.1) is 22.8 Å². The summed E-state index contributed by atoms with van der Waals surface area (Å²) in [6.07, 6.45) is 6.92. The third kappa shape index (κ3) is 5.74. The molecule has 0 bridgehead atoms. The molecule has 0 saturated carbocycles. The number of fused-ring (bicyclic) bond motifs is 1. The van der Waals surface area contributed by atoms with E-state index in [2.05, 4.69) is 83.0 Å². The quantitative estimate of drug-likeness (QED) is 0.432. The Balaban J connectivity index is 1.33. The van der Waals surface area contributed by atoms with Crippen molar-refractivity contribution in [2.45, 2.75) is 40.7 Å². The van der Waals surface area contributed by atoms with Crippen molar-refractivity contribution in [2.24, 2.45) is 5.92 Å². The SMILES string of the molecule is CCc1ccc(C2=C3C=CC(Nc4ccc(CN(C)CC(C)C)nn4)=CN3NC2)nc1-n1nc(C#N)cc1C. The van der Waals surface area contributed by atoms with Gasteiger partial charge in [0.25, 0.3) is 0 Å². The normalized spacial score (nSPS) is 14.7. The van der Waals surface area contributed by atoms with E-state index in [0.717, 1.165) is 64.9 Å². The summed E-state index contributed by atoms with van der Waals surface area (Å²) in [5.41, 5.74) is 10.6. The Bertz CT molecular complexity index is 1490. The van der Waals surface area contributed by atoms with Crippen LogP contribution in [0.25, 0.3) is 11.4 Å². The maximum Gasteiger partial charge on any atom is 0.163 e. The Morgan fingerprint density at radius 2 is 2.03 bits per heavy atom. The van der Waals surface area contributed by atoms with Crippen molar-refractivity contribution >= 4 is 11.4 Å². The van der Waals surface area contributed by atoms with Crippen LogP contribution in [-0.2, 0) is 13.0 Å². The van der Waals surface area contributed by atoms with Gasteiger partial charge in [0.15, 0.2) is 17.3 Å². The molecule has 0 aliphatic carbocycles. The van der Waals surface area contributed by atoms with Crippen LogP contribution in [0, 0.1) is 24.2 Å². The number of nitriles is 1. The van der Waals surface area contributed by atoms with E-state index < -0.39 is 0 Å².